The highest BCUT2D eigenvalue weighted by Gasteiger charge is 2.21. The molecule has 0 spiro atoms. The molecule has 0 bridgehead atoms. The molecule has 0 saturated heterocycles. The first kappa shape index (κ1) is 13.8. The second-order valence-electron chi connectivity index (χ2n) is 5.00. The van der Waals surface area contributed by atoms with E-state index in [1.54, 1.807) is 6.07 Å². The summed E-state index contributed by atoms with van der Waals surface area (Å²) in [6.45, 7) is 5.59. The molecule has 0 aromatic heterocycles. The van der Waals surface area contributed by atoms with Crippen LogP contribution in [0.15, 0.2) is 23.2 Å². The van der Waals surface area contributed by atoms with Crippen LogP contribution >= 0.6 is 0 Å². The Morgan fingerprint density at radius 1 is 1.42 bits per heavy atom. The first-order valence-corrected chi connectivity index (χ1v) is 6.99. The summed E-state index contributed by atoms with van der Waals surface area (Å²) in [5.41, 5.74) is 2.16. The van der Waals surface area contributed by atoms with E-state index < -0.39 is 0 Å². The fourth-order valence-electron chi connectivity index (χ4n) is 1.97. The van der Waals surface area contributed by atoms with Crippen LogP contribution in [0.3, 0.4) is 0 Å². The third kappa shape index (κ3) is 4.54. The summed E-state index contributed by atoms with van der Waals surface area (Å²) in [4.78, 5) is 4.55. The average Bonchev–Trinajstić information content (AvgIpc) is 3.16. The van der Waals surface area contributed by atoms with Crippen molar-refractivity contribution in [2.24, 2.45) is 4.99 Å². The smallest absolute Gasteiger partial charge is 0.191 e. The van der Waals surface area contributed by atoms with Crippen LogP contribution in [0.5, 0.6) is 0 Å². The minimum Gasteiger partial charge on any atom is -0.357 e. The third-order valence-electron chi connectivity index (χ3n) is 3.22. The maximum Gasteiger partial charge on any atom is 0.191 e. The Morgan fingerprint density at radius 2 is 2.21 bits per heavy atom. The number of hydrogen-bond donors (Lipinski definition) is 2. The number of nitrogens with one attached hydrogen (secondary N) is 2. The Balaban J connectivity index is 1.88. The maximum absolute atomic E-state index is 13.0. The van der Waals surface area contributed by atoms with Gasteiger partial charge in [0, 0.05) is 19.1 Å². The van der Waals surface area contributed by atoms with E-state index in [0.29, 0.717) is 12.6 Å². The Bertz CT molecular complexity index is 453. The van der Waals surface area contributed by atoms with Crippen LogP contribution in [-0.4, -0.2) is 25.1 Å². The number of aryl methyl sites for hydroxylation is 1. The van der Waals surface area contributed by atoms with Gasteiger partial charge in [0.2, 0.25) is 0 Å². The minimum absolute atomic E-state index is 0.173. The molecule has 0 heterocycles. The first-order valence-electron chi connectivity index (χ1n) is 6.99. The topological polar surface area (TPSA) is 36.4 Å². The van der Waals surface area contributed by atoms with Crippen molar-refractivity contribution in [1.29, 1.82) is 0 Å². The molecule has 4 heteroatoms. The molecule has 0 unspecified atom stereocenters. The molecule has 0 atom stereocenters. The molecule has 1 aromatic rings. The lowest BCUT2D eigenvalue weighted by atomic mass is 10.1. The largest absolute Gasteiger partial charge is 0.357 e. The van der Waals surface area contributed by atoms with Crippen molar-refractivity contribution in [1.82, 2.24) is 10.6 Å². The van der Waals surface area contributed by atoms with Crippen LogP contribution in [0.1, 0.15) is 30.9 Å². The first-order chi connectivity index (χ1) is 9.19. The summed E-state index contributed by atoms with van der Waals surface area (Å²) >= 11 is 0. The van der Waals surface area contributed by atoms with Crippen molar-refractivity contribution in [3.05, 3.63) is 35.1 Å². The number of aliphatic imine (C=N–C) groups is 1. The van der Waals surface area contributed by atoms with Gasteiger partial charge in [0.15, 0.2) is 5.96 Å². The molecule has 1 aromatic carbocycles. The molecule has 1 aliphatic carbocycles. The standard InChI is InChI=1S/C15H22FN3/c1-3-17-15(19-14-6-7-14)18-9-8-12-4-5-13(16)10-11(12)2/h4-5,10,14H,3,6-9H2,1-2H3,(H2,17,18,19). The second kappa shape index (κ2) is 6.55. The van der Waals surface area contributed by atoms with Gasteiger partial charge in [0.25, 0.3) is 0 Å². The van der Waals surface area contributed by atoms with Crippen molar-refractivity contribution >= 4 is 5.96 Å². The summed E-state index contributed by atoms with van der Waals surface area (Å²) < 4.78 is 13.0. The van der Waals surface area contributed by atoms with Crippen LogP contribution in [-0.2, 0) is 6.42 Å². The molecule has 2 N–H and O–H groups in total. The number of nitrogens with zero attached hydrogens (tertiary/aromatic N) is 1. The predicted octanol–water partition coefficient (Wildman–Crippen LogP) is 2.39. The molecule has 19 heavy (non-hydrogen) atoms. The van der Waals surface area contributed by atoms with E-state index >= 15 is 0 Å². The Morgan fingerprint density at radius 3 is 2.84 bits per heavy atom. The average molecular weight is 263 g/mol. The predicted molar refractivity (Wildman–Crippen MR) is 77.0 cm³/mol. The van der Waals surface area contributed by atoms with Gasteiger partial charge in [0.05, 0.1) is 0 Å². The van der Waals surface area contributed by atoms with Crippen molar-refractivity contribution in [2.45, 2.75) is 39.2 Å². The zero-order chi connectivity index (χ0) is 13.7. The lowest BCUT2D eigenvalue weighted by Crippen LogP contribution is -2.38. The zero-order valence-corrected chi connectivity index (χ0v) is 11.7. The molecule has 3 nitrogen and oxygen atoms in total. The van der Waals surface area contributed by atoms with Gasteiger partial charge < -0.3 is 10.6 Å². The van der Waals surface area contributed by atoms with E-state index in [-0.39, 0.29) is 5.82 Å². The van der Waals surface area contributed by atoms with Gasteiger partial charge in [-0.05, 0) is 56.4 Å². The highest BCUT2D eigenvalue weighted by molar-refractivity contribution is 5.80. The van der Waals surface area contributed by atoms with E-state index in [2.05, 4.69) is 22.5 Å². The second-order valence-corrected chi connectivity index (χ2v) is 5.00. The Labute approximate surface area is 114 Å². The molecular weight excluding hydrogens is 241 g/mol. The number of halogens is 1. The number of benzene rings is 1. The maximum atomic E-state index is 13.0. The van der Waals surface area contributed by atoms with Gasteiger partial charge in [-0.3, -0.25) is 4.99 Å². The van der Waals surface area contributed by atoms with Gasteiger partial charge in [-0.15, -0.1) is 0 Å². The van der Waals surface area contributed by atoms with Gasteiger partial charge >= 0.3 is 0 Å². The van der Waals surface area contributed by atoms with E-state index in [1.165, 1.54) is 18.9 Å². The molecule has 1 aliphatic rings. The van der Waals surface area contributed by atoms with Crippen molar-refractivity contribution in [3.63, 3.8) is 0 Å². The van der Waals surface area contributed by atoms with Gasteiger partial charge in [-0.2, -0.15) is 0 Å². The summed E-state index contributed by atoms with van der Waals surface area (Å²) in [6, 6.07) is 5.54. The number of rotatable bonds is 5. The van der Waals surface area contributed by atoms with Crippen molar-refractivity contribution in [3.8, 4) is 0 Å². The molecule has 104 valence electrons. The third-order valence-corrected chi connectivity index (χ3v) is 3.22. The summed E-state index contributed by atoms with van der Waals surface area (Å²) in [7, 11) is 0. The fourth-order valence-corrected chi connectivity index (χ4v) is 1.97. The monoisotopic (exact) mass is 263 g/mol. The molecule has 0 aliphatic heterocycles. The lowest BCUT2D eigenvalue weighted by Gasteiger charge is -2.10. The van der Waals surface area contributed by atoms with Crippen LogP contribution in [0.2, 0.25) is 0 Å². The molecule has 2 rings (SSSR count). The van der Waals surface area contributed by atoms with E-state index in [0.717, 1.165) is 30.1 Å². The van der Waals surface area contributed by atoms with Crippen LogP contribution in [0, 0.1) is 12.7 Å². The summed E-state index contributed by atoms with van der Waals surface area (Å²) in [6.07, 6.45) is 3.32. The molecular formula is C15H22FN3. The normalized spacial score (nSPS) is 15.4. The highest BCUT2D eigenvalue weighted by Crippen LogP contribution is 2.18. The quantitative estimate of drug-likeness (QED) is 0.632. The SMILES string of the molecule is CCNC(=NCCc1ccc(F)cc1C)NC1CC1. The zero-order valence-electron chi connectivity index (χ0n) is 11.7. The van der Waals surface area contributed by atoms with Crippen LogP contribution in [0.4, 0.5) is 4.39 Å². The van der Waals surface area contributed by atoms with Gasteiger partial charge in [-0.1, -0.05) is 6.07 Å². The lowest BCUT2D eigenvalue weighted by molar-refractivity contribution is 0.625. The van der Waals surface area contributed by atoms with Crippen molar-refractivity contribution < 1.29 is 4.39 Å². The van der Waals surface area contributed by atoms with Crippen LogP contribution in [0.25, 0.3) is 0 Å². The summed E-state index contributed by atoms with van der Waals surface area (Å²) in [5, 5.41) is 6.62. The van der Waals surface area contributed by atoms with Gasteiger partial charge in [0.1, 0.15) is 5.82 Å². The van der Waals surface area contributed by atoms with E-state index in [1.807, 2.05) is 13.0 Å². The van der Waals surface area contributed by atoms with E-state index in [9.17, 15) is 4.39 Å². The minimum atomic E-state index is -0.173. The van der Waals surface area contributed by atoms with Gasteiger partial charge in [-0.25, -0.2) is 4.39 Å². The van der Waals surface area contributed by atoms with E-state index in [4.69, 9.17) is 0 Å². The number of hydrogen-bond acceptors (Lipinski definition) is 1. The Kier molecular flexibility index (Phi) is 4.77. The molecule has 1 fully saturated rings. The Hall–Kier alpha value is -1.58. The van der Waals surface area contributed by atoms with Crippen molar-refractivity contribution in [2.75, 3.05) is 13.1 Å². The molecule has 0 amide bonds. The fraction of sp³-hybridized carbons (Fsp3) is 0.533. The molecule has 0 radical (unpaired) electrons. The summed E-state index contributed by atoms with van der Waals surface area (Å²) in [5.74, 6) is 0.721. The van der Waals surface area contributed by atoms with Crippen LogP contribution < -0.4 is 10.6 Å². The molecule has 1 saturated carbocycles. The highest BCUT2D eigenvalue weighted by atomic mass is 19.1. The number of guanidine groups is 1.